The fourth-order valence-corrected chi connectivity index (χ4v) is 2.94. The molecule has 146 valence electrons. The average molecular weight is 393 g/mol. The minimum Gasteiger partial charge on any atom is -0.382 e. The lowest BCUT2D eigenvalue weighted by Crippen LogP contribution is -2.15. The zero-order valence-corrected chi connectivity index (χ0v) is 15.2. The summed E-state index contributed by atoms with van der Waals surface area (Å²) < 4.78 is 28.3. The van der Waals surface area contributed by atoms with E-state index in [0.717, 1.165) is 16.6 Å². The Hall–Kier alpha value is -3.81. The molecule has 0 aliphatic heterocycles. The number of fused-ring (bicyclic) bond motifs is 1. The van der Waals surface area contributed by atoms with Crippen LogP contribution in [0.4, 0.5) is 20.2 Å². The highest BCUT2D eigenvalue weighted by molar-refractivity contribution is 6.05. The Kier molecular flexibility index (Phi) is 5.15. The SMILES string of the molecule is O=C(Nc1ccc2cn[nH]c2c1)c1cc(NCCc2ccccn2)c(F)cc1F. The molecule has 3 N–H and O–H groups in total. The van der Waals surface area contributed by atoms with Crippen LogP contribution in [0.15, 0.2) is 60.9 Å². The van der Waals surface area contributed by atoms with E-state index in [9.17, 15) is 13.6 Å². The van der Waals surface area contributed by atoms with Crippen molar-refractivity contribution in [2.75, 3.05) is 17.2 Å². The number of anilines is 2. The lowest BCUT2D eigenvalue weighted by molar-refractivity contribution is 0.102. The van der Waals surface area contributed by atoms with Gasteiger partial charge in [-0.2, -0.15) is 5.10 Å². The summed E-state index contributed by atoms with van der Waals surface area (Å²) >= 11 is 0. The standard InChI is InChI=1S/C21H17F2N5O/c22-17-11-18(23)20(25-8-6-14-3-1-2-7-24-14)10-16(17)21(29)27-15-5-4-13-12-26-28-19(13)9-15/h1-5,7,9-12,25H,6,8H2,(H,26,28)(H,27,29). The van der Waals surface area contributed by atoms with Crippen molar-refractivity contribution in [1.82, 2.24) is 15.2 Å². The van der Waals surface area contributed by atoms with Gasteiger partial charge in [0.05, 0.1) is 23.0 Å². The Morgan fingerprint density at radius 2 is 1.97 bits per heavy atom. The van der Waals surface area contributed by atoms with Crippen LogP contribution in [0.2, 0.25) is 0 Å². The van der Waals surface area contributed by atoms with E-state index in [-0.39, 0.29) is 11.3 Å². The maximum atomic E-state index is 14.2. The van der Waals surface area contributed by atoms with Crippen LogP contribution in [0, 0.1) is 11.6 Å². The number of benzene rings is 2. The number of aromatic nitrogens is 3. The molecule has 0 saturated heterocycles. The molecule has 0 spiro atoms. The number of amides is 1. The molecule has 2 aromatic heterocycles. The Bertz CT molecular complexity index is 1160. The van der Waals surface area contributed by atoms with E-state index in [0.29, 0.717) is 24.7 Å². The van der Waals surface area contributed by atoms with Crippen molar-refractivity contribution in [3.05, 3.63) is 83.8 Å². The van der Waals surface area contributed by atoms with E-state index in [1.165, 1.54) is 6.07 Å². The normalized spacial score (nSPS) is 10.8. The second kappa shape index (κ2) is 8.05. The molecule has 4 rings (SSSR count). The average Bonchev–Trinajstić information content (AvgIpc) is 3.18. The highest BCUT2D eigenvalue weighted by Crippen LogP contribution is 2.22. The molecule has 0 bridgehead atoms. The first kappa shape index (κ1) is 18.5. The number of rotatable bonds is 6. The number of hydrogen-bond donors (Lipinski definition) is 3. The second-order valence-corrected chi connectivity index (χ2v) is 6.44. The number of halogens is 2. The van der Waals surface area contributed by atoms with Crippen LogP contribution < -0.4 is 10.6 Å². The molecule has 2 aromatic carbocycles. The minimum atomic E-state index is -0.933. The van der Waals surface area contributed by atoms with Crippen molar-refractivity contribution < 1.29 is 13.6 Å². The van der Waals surface area contributed by atoms with Gasteiger partial charge in [0.2, 0.25) is 0 Å². The van der Waals surface area contributed by atoms with Gasteiger partial charge in [-0.25, -0.2) is 8.78 Å². The Morgan fingerprint density at radius 3 is 2.79 bits per heavy atom. The van der Waals surface area contributed by atoms with Gasteiger partial charge in [-0.3, -0.25) is 14.9 Å². The van der Waals surface area contributed by atoms with Gasteiger partial charge in [-0.05, 0) is 36.4 Å². The summed E-state index contributed by atoms with van der Waals surface area (Å²) in [7, 11) is 0. The number of nitrogens with zero attached hydrogens (tertiary/aromatic N) is 2. The Morgan fingerprint density at radius 1 is 1.07 bits per heavy atom. The van der Waals surface area contributed by atoms with Crippen molar-refractivity contribution in [1.29, 1.82) is 0 Å². The van der Waals surface area contributed by atoms with Crippen molar-refractivity contribution in [2.45, 2.75) is 6.42 Å². The lowest BCUT2D eigenvalue weighted by Gasteiger charge is -2.11. The first-order valence-electron chi connectivity index (χ1n) is 8.97. The molecule has 1 amide bonds. The summed E-state index contributed by atoms with van der Waals surface area (Å²) in [5.41, 5.74) is 1.85. The molecule has 0 aliphatic carbocycles. The zero-order chi connectivity index (χ0) is 20.2. The van der Waals surface area contributed by atoms with E-state index < -0.39 is 17.5 Å². The van der Waals surface area contributed by atoms with Gasteiger partial charge in [-0.1, -0.05) is 6.07 Å². The lowest BCUT2D eigenvalue weighted by atomic mass is 10.1. The fraction of sp³-hybridized carbons (Fsp3) is 0.0952. The predicted molar refractivity (Wildman–Crippen MR) is 107 cm³/mol. The maximum absolute atomic E-state index is 14.2. The largest absolute Gasteiger partial charge is 0.382 e. The molecular weight excluding hydrogens is 376 g/mol. The van der Waals surface area contributed by atoms with Gasteiger partial charge in [0.25, 0.3) is 5.91 Å². The molecule has 8 heteroatoms. The van der Waals surface area contributed by atoms with Crippen LogP contribution in [-0.4, -0.2) is 27.6 Å². The zero-order valence-electron chi connectivity index (χ0n) is 15.2. The van der Waals surface area contributed by atoms with Gasteiger partial charge < -0.3 is 10.6 Å². The quantitative estimate of drug-likeness (QED) is 0.460. The molecule has 0 atom stereocenters. The highest BCUT2D eigenvalue weighted by Gasteiger charge is 2.16. The summed E-state index contributed by atoms with van der Waals surface area (Å²) in [5.74, 6) is -2.37. The monoisotopic (exact) mass is 393 g/mol. The van der Waals surface area contributed by atoms with E-state index >= 15 is 0 Å². The van der Waals surface area contributed by atoms with Crippen molar-refractivity contribution in [3.8, 4) is 0 Å². The summed E-state index contributed by atoms with van der Waals surface area (Å²) in [5, 5.41) is 13.1. The maximum Gasteiger partial charge on any atom is 0.258 e. The number of nitrogens with one attached hydrogen (secondary N) is 3. The number of hydrogen-bond acceptors (Lipinski definition) is 4. The summed E-state index contributed by atoms with van der Waals surface area (Å²) in [6.07, 6.45) is 3.89. The second-order valence-electron chi connectivity index (χ2n) is 6.44. The van der Waals surface area contributed by atoms with E-state index in [1.807, 2.05) is 18.2 Å². The molecule has 0 aliphatic rings. The molecule has 4 aromatic rings. The van der Waals surface area contributed by atoms with Crippen LogP contribution in [0.3, 0.4) is 0 Å². The molecular formula is C21H17F2N5O. The summed E-state index contributed by atoms with van der Waals surface area (Å²) in [4.78, 5) is 16.7. The van der Waals surface area contributed by atoms with Gasteiger partial charge in [0.1, 0.15) is 11.6 Å². The summed E-state index contributed by atoms with van der Waals surface area (Å²) in [6, 6.07) is 12.6. The topological polar surface area (TPSA) is 82.7 Å². The van der Waals surface area contributed by atoms with Crippen LogP contribution in [0.5, 0.6) is 0 Å². The minimum absolute atomic E-state index is 0.0523. The third-order valence-electron chi connectivity index (χ3n) is 4.42. The molecule has 0 fully saturated rings. The van der Waals surface area contributed by atoms with E-state index in [1.54, 1.807) is 30.6 Å². The van der Waals surface area contributed by atoms with Crippen LogP contribution in [0.25, 0.3) is 10.9 Å². The first-order chi connectivity index (χ1) is 14.1. The first-order valence-corrected chi connectivity index (χ1v) is 8.97. The van der Waals surface area contributed by atoms with Crippen molar-refractivity contribution in [2.24, 2.45) is 0 Å². The van der Waals surface area contributed by atoms with Crippen LogP contribution in [-0.2, 0) is 6.42 Å². The number of carbonyl (C=O) groups excluding carboxylic acids is 1. The molecule has 29 heavy (non-hydrogen) atoms. The number of carbonyl (C=O) groups is 1. The predicted octanol–water partition coefficient (Wildman–Crippen LogP) is 4.14. The third kappa shape index (κ3) is 4.21. The van der Waals surface area contributed by atoms with Gasteiger partial charge in [-0.15, -0.1) is 0 Å². The third-order valence-corrected chi connectivity index (χ3v) is 4.42. The van der Waals surface area contributed by atoms with E-state index in [4.69, 9.17) is 0 Å². The van der Waals surface area contributed by atoms with Crippen LogP contribution >= 0.6 is 0 Å². The molecule has 6 nitrogen and oxygen atoms in total. The Labute approximate surface area is 165 Å². The summed E-state index contributed by atoms with van der Waals surface area (Å²) in [6.45, 7) is 0.386. The smallest absolute Gasteiger partial charge is 0.258 e. The molecule has 0 radical (unpaired) electrons. The van der Waals surface area contributed by atoms with Crippen molar-refractivity contribution in [3.63, 3.8) is 0 Å². The number of aromatic amines is 1. The molecule has 2 heterocycles. The Balaban J connectivity index is 1.48. The van der Waals surface area contributed by atoms with E-state index in [2.05, 4.69) is 25.8 Å². The number of H-pyrrole nitrogens is 1. The van der Waals surface area contributed by atoms with Gasteiger partial charge >= 0.3 is 0 Å². The van der Waals surface area contributed by atoms with Gasteiger partial charge in [0.15, 0.2) is 0 Å². The van der Waals surface area contributed by atoms with Crippen LogP contribution in [0.1, 0.15) is 16.1 Å². The molecule has 0 saturated carbocycles. The highest BCUT2D eigenvalue weighted by atomic mass is 19.1. The molecule has 0 unspecified atom stereocenters. The number of pyridine rings is 1. The van der Waals surface area contributed by atoms with Crippen molar-refractivity contribution >= 4 is 28.2 Å². The van der Waals surface area contributed by atoms with Gasteiger partial charge in [0, 0.05) is 42.0 Å². The fourth-order valence-electron chi connectivity index (χ4n) is 2.94.